The molecule has 0 radical (unpaired) electrons. The molecule has 0 aromatic carbocycles. The van der Waals surface area contributed by atoms with Gasteiger partial charge in [-0.1, -0.05) is 11.8 Å². The van der Waals surface area contributed by atoms with Crippen LogP contribution in [0.25, 0.3) is 0 Å². The minimum Gasteiger partial charge on any atom is -0.486 e. The van der Waals surface area contributed by atoms with Crippen molar-refractivity contribution >= 4 is 23.3 Å². The van der Waals surface area contributed by atoms with Crippen LogP contribution in [0, 0.1) is 0 Å². The summed E-state index contributed by atoms with van der Waals surface area (Å²) in [4.78, 5) is 22.2. The predicted octanol–water partition coefficient (Wildman–Crippen LogP) is 1.14. The fraction of sp³-hybridized carbons (Fsp3) is 0.500. The Morgan fingerprint density at radius 2 is 2.25 bits per heavy atom. The van der Waals surface area contributed by atoms with Gasteiger partial charge in [-0.05, 0) is 13.2 Å². The Balaban J connectivity index is 3.03. The summed E-state index contributed by atoms with van der Waals surface area (Å²) >= 11 is 1.30. The average molecular weight is 186 g/mol. The molecule has 0 saturated carbocycles. The molecule has 0 amide bonds. The Morgan fingerprint density at radius 3 is 2.67 bits per heavy atom. The van der Waals surface area contributed by atoms with Crippen molar-refractivity contribution in [2.24, 2.45) is 0 Å². The second-order valence-corrected chi connectivity index (χ2v) is 3.22. The van der Waals surface area contributed by atoms with Crippen LogP contribution in [-0.2, 0) is 14.3 Å². The zero-order chi connectivity index (χ0) is 9.14. The van der Waals surface area contributed by atoms with E-state index in [0.717, 1.165) is 0 Å². The van der Waals surface area contributed by atoms with Crippen molar-refractivity contribution in [3.05, 3.63) is 10.7 Å². The molecule has 0 aromatic heterocycles. The van der Waals surface area contributed by atoms with Gasteiger partial charge >= 0.3 is 0 Å². The van der Waals surface area contributed by atoms with E-state index in [1.54, 1.807) is 6.26 Å². The summed E-state index contributed by atoms with van der Waals surface area (Å²) in [5.41, 5.74) is 0.230. The van der Waals surface area contributed by atoms with E-state index in [4.69, 9.17) is 4.74 Å². The number of Topliss-reactive ketones (excluding diaryl/α,β-unsaturated/α-hetero) is 2. The number of carbonyl (C=O) groups is 2. The third kappa shape index (κ3) is 1.69. The summed E-state index contributed by atoms with van der Waals surface area (Å²) in [6.07, 6.45) is 2.11. The lowest BCUT2D eigenvalue weighted by atomic mass is 10.1. The zero-order valence-corrected chi connectivity index (χ0v) is 7.86. The Kier molecular flexibility index (Phi) is 2.92. The van der Waals surface area contributed by atoms with Crippen molar-refractivity contribution in [3.63, 3.8) is 0 Å². The molecule has 3 nitrogen and oxygen atoms in total. The summed E-state index contributed by atoms with van der Waals surface area (Å²) in [6, 6.07) is 0. The van der Waals surface area contributed by atoms with Gasteiger partial charge in [0.1, 0.15) is 5.57 Å². The lowest BCUT2D eigenvalue weighted by molar-refractivity contribution is -0.122. The lowest BCUT2D eigenvalue weighted by Crippen LogP contribution is -2.20. The molecule has 0 aliphatic carbocycles. The monoisotopic (exact) mass is 186 g/mol. The van der Waals surface area contributed by atoms with Crippen molar-refractivity contribution < 1.29 is 14.3 Å². The van der Waals surface area contributed by atoms with Crippen molar-refractivity contribution in [1.82, 2.24) is 0 Å². The number of ether oxygens (including phenoxy) is 1. The molecule has 1 rings (SSSR count). The second-order valence-electron chi connectivity index (χ2n) is 2.44. The summed E-state index contributed by atoms with van der Waals surface area (Å²) in [6.45, 7) is 1.78. The SMILES string of the molecule is CSC1=C(C(C)=O)C(=O)CCO1. The molecule has 0 unspecified atom stereocenters. The van der Waals surface area contributed by atoms with Crippen LogP contribution in [0.15, 0.2) is 10.7 Å². The maximum Gasteiger partial charge on any atom is 0.174 e. The van der Waals surface area contributed by atoms with E-state index in [0.29, 0.717) is 18.1 Å². The van der Waals surface area contributed by atoms with E-state index in [-0.39, 0.29) is 17.1 Å². The molecular weight excluding hydrogens is 176 g/mol. The number of carbonyl (C=O) groups excluding carboxylic acids is 2. The normalized spacial score (nSPS) is 17.7. The summed E-state index contributed by atoms with van der Waals surface area (Å²) < 4.78 is 5.17. The van der Waals surface area contributed by atoms with Crippen LogP contribution in [0.4, 0.5) is 0 Å². The van der Waals surface area contributed by atoms with Gasteiger partial charge in [0.25, 0.3) is 0 Å². The van der Waals surface area contributed by atoms with Crippen LogP contribution in [0.5, 0.6) is 0 Å². The minimum atomic E-state index is -0.205. The summed E-state index contributed by atoms with van der Waals surface area (Å²) in [5, 5.41) is 0.471. The molecule has 66 valence electrons. The van der Waals surface area contributed by atoms with Crippen LogP contribution in [0.2, 0.25) is 0 Å². The quantitative estimate of drug-likeness (QED) is 0.606. The van der Waals surface area contributed by atoms with E-state index >= 15 is 0 Å². The maximum absolute atomic E-state index is 11.2. The first-order valence-electron chi connectivity index (χ1n) is 3.62. The topological polar surface area (TPSA) is 43.4 Å². The van der Waals surface area contributed by atoms with Crippen molar-refractivity contribution in [2.75, 3.05) is 12.9 Å². The van der Waals surface area contributed by atoms with Gasteiger partial charge in [-0.3, -0.25) is 9.59 Å². The van der Waals surface area contributed by atoms with Gasteiger partial charge in [-0.2, -0.15) is 0 Å². The van der Waals surface area contributed by atoms with Crippen molar-refractivity contribution in [1.29, 1.82) is 0 Å². The molecule has 0 N–H and O–H groups in total. The Morgan fingerprint density at radius 1 is 1.58 bits per heavy atom. The van der Waals surface area contributed by atoms with E-state index in [1.807, 2.05) is 0 Å². The minimum absolute atomic E-state index is 0.0990. The Bertz CT molecular complexity index is 255. The first-order chi connectivity index (χ1) is 5.66. The van der Waals surface area contributed by atoms with Crippen LogP contribution in [0.1, 0.15) is 13.3 Å². The third-order valence-corrected chi connectivity index (χ3v) is 2.28. The molecule has 12 heavy (non-hydrogen) atoms. The predicted molar refractivity (Wildman–Crippen MR) is 46.8 cm³/mol. The maximum atomic E-state index is 11.2. The first-order valence-corrected chi connectivity index (χ1v) is 4.84. The van der Waals surface area contributed by atoms with Gasteiger partial charge in [-0.15, -0.1) is 0 Å². The fourth-order valence-corrected chi connectivity index (χ4v) is 1.71. The van der Waals surface area contributed by atoms with Crippen molar-refractivity contribution in [3.8, 4) is 0 Å². The molecule has 1 aliphatic heterocycles. The molecule has 1 aliphatic rings. The fourth-order valence-electron chi connectivity index (χ4n) is 1.05. The molecule has 1 heterocycles. The number of rotatable bonds is 2. The molecule has 0 aromatic rings. The van der Waals surface area contributed by atoms with Crippen LogP contribution < -0.4 is 0 Å². The van der Waals surface area contributed by atoms with E-state index < -0.39 is 0 Å². The number of ketones is 2. The average Bonchev–Trinajstić information content (AvgIpc) is 2.03. The van der Waals surface area contributed by atoms with Crippen LogP contribution >= 0.6 is 11.8 Å². The van der Waals surface area contributed by atoms with Crippen LogP contribution in [0.3, 0.4) is 0 Å². The summed E-state index contributed by atoms with van der Waals surface area (Å²) in [5.74, 6) is -0.304. The van der Waals surface area contributed by atoms with Gasteiger partial charge in [0.05, 0.1) is 6.61 Å². The molecule has 0 atom stereocenters. The Hall–Kier alpha value is -0.770. The largest absolute Gasteiger partial charge is 0.486 e. The highest BCUT2D eigenvalue weighted by Crippen LogP contribution is 2.24. The molecule has 0 spiro atoms. The number of thioether (sulfide) groups is 1. The number of hydrogen-bond donors (Lipinski definition) is 0. The molecular formula is C8H10O3S. The van der Waals surface area contributed by atoms with Gasteiger partial charge < -0.3 is 4.74 Å². The smallest absolute Gasteiger partial charge is 0.174 e. The first kappa shape index (κ1) is 9.32. The molecule has 4 heteroatoms. The van der Waals surface area contributed by atoms with E-state index in [9.17, 15) is 9.59 Å². The van der Waals surface area contributed by atoms with Gasteiger partial charge in [0.15, 0.2) is 16.7 Å². The standard InChI is InChI=1S/C8H10O3S/c1-5(9)7-6(10)3-4-11-8(7)12-2/h3-4H2,1-2H3. The molecule has 0 fully saturated rings. The number of allylic oxidation sites excluding steroid dienone is 1. The highest BCUT2D eigenvalue weighted by atomic mass is 32.2. The van der Waals surface area contributed by atoms with E-state index in [1.165, 1.54) is 18.7 Å². The van der Waals surface area contributed by atoms with Gasteiger partial charge in [0.2, 0.25) is 0 Å². The van der Waals surface area contributed by atoms with Gasteiger partial charge in [-0.25, -0.2) is 0 Å². The second kappa shape index (κ2) is 3.76. The van der Waals surface area contributed by atoms with Crippen molar-refractivity contribution in [2.45, 2.75) is 13.3 Å². The lowest BCUT2D eigenvalue weighted by Gasteiger charge is -2.16. The Labute approximate surface area is 75.2 Å². The number of hydrogen-bond acceptors (Lipinski definition) is 4. The third-order valence-electron chi connectivity index (χ3n) is 1.58. The zero-order valence-electron chi connectivity index (χ0n) is 7.05. The molecule has 0 saturated heterocycles. The highest BCUT2D eigenvalue weighted by molar-refractivity contribution is 8.02. The van der Waals surface area contributed by atoms with Gasteiger partial charge in [0, 0.05) is 6.42 Å². The summed E-state index contributed by atoms with van der Waals surface area (Å²) in [7, 11) is 0. The van der Waals surface area contributed by atoms with E-state index in [2.05, 4.69) is 0 Å². The van der Waals surface area contributed by atoms with Crippen LogP contribution in [-0.4, -0.2) is 24.4 Å². The molecule has 0 bridgehead atoms. The highest BCUT2D eigenvalue weighted by Gasteiger charge is 2.24.